The van der Waals surface area contributed by atoms with Crippen LogP contribution in [-0.4, -0.2) is 35.0 Å². The number of nitrogens with two attached hydrogens (primary N) is 1. The van der Waals surface area contributed by atoms with Crippen molar-refractivity contribution in [3.63, 3.8) is 0 Å². The monoisotopic (exact) mass is 348 g/mol. The lowest BCUT2D eigenvalue weighted by atomic mass is 9.79. The number of nitrogen functional groups attached to an aromatic ring is 1. The van der Waals surface area contributed by atoms with Crippen LogP contribution in [0.25, 0.3) is 11.3 Å². The van der Waals surface area contributed by atoms with Crippen LogP contribution >= 0.6 is 0 Å². The molecule has 1 saturated heterocycles. The average molecular weight is 348 g/mol. The number of ether oxygens (including phenoxy) is 2. The Morgan fingerprint density at radius 1 is 1.28 bits per heavy atom. The number of aromatic amines is 1. The van der Waals surface area contributed by atoms with Crippen LogP contribution in [0.15, 0.2) is 18.3 Å². The highest BCUT2D eigenvalue weighted by Gasteiger charge is 2.64. The van der Waals surface area contributed by atoms with Gasteiger partial charge in [0, 0.05) is 28.8 Å². The number of hydrogen-bond acceptors (Lipinski definition) is 5. The molecule has 3 heterocycles. The SMILES string of the molecule is Nc1ncc(-c2cc(C3C4CC5(COC5)CC43)[nH]n2)cc1OC(F)F. The second-order valence-electron chi connectivity index (χ2n) is 7.45. The molecule has 3 aliphatic rings. The zero-order valence-corrected chi connectivity index (χ0v) is 13.4. The van der Waals surface area contributed by atoms with E-state index in [1.165, 1.54) is 25.1 Å². The van der Waals surface area contributed by atoms with Gasteiger partial charge in [-0.2, -0.15) is 13.9 Å². The van der Waals surface area contributed by atoms with Gasteiger partial charge in [0.25, 0.3) is 0 Å². The summed E-state index contributed by atoms with van der Waals surface area (Å²) in [6.45, 7) is -1.13. The molecular weight excluding hydrogens is 330 g/mol. The average Bonchev–Trinajstić information content (AvgIpc) is 2.94. The van der Waals surface area contributed by atoms with Crippen LogP contribution in [0, 0.1) is 17.3 Å². The summed E-state index contributed by atoms with van der Waals surface area (Å²) in [5.74, 6) is 1.74. The van der Waals surface area contributed by atoms with Crippen LogP contribution in [0.4, 0.5) is 14.6 Å². The molecule has 0 bridgehead atoms. The highest BCUT2D eigenvalue weighted by atomic mass is 19.3. The molecule has 2 saturated carbocycles. The van der Waals surface area contributed by atoms with Crippen molar-refractivity contribution in [3.05, 3.63) is 24.0 Å². The van der Waals surface area contributed by atoms with Crippen molar-refractivity contribution in [2.45, 2.75) is 25.4 Å². The van der Waals surface area contributed by atoms with E-state index in [1.54, 1.807) is 0 Å². The van der Waals surface area contributed by atoms with Gasteiger partial charge >= 0.3 is 6.61 Å². The number of pyridine rings is 1. The third-order valence-corrected chi connectivity index (χ3v) is 5.84. The number of anilines is 1. The van der Waals surface area contributed by atoms with Gasteiger partial charge in [-0.15, -0.1) is 0 Å². The normalized spacial score (nSPS) is 28.8. The van der Waals surface area contributed by atoms with Crippen LogP contribution in [0.2, 0.25) is 0 Å². The van der Waals surface area contributed by atoms with Crippen LogP contribution in [0.1, 0.15) is 24.5 Å². The number of aromatic nitrogens is 3. The molecule has 2 aliphatic carbocycles. The first-order valence-corrected chi connectivity index (χ1v) is 8.38. The topological polar surface area (TPSA) is 86.0 Å². The Kier molecular flexibility index (Phi) is 3.10. The summed E-state index contributed by atoms with van der Waals surface area (Å²) in [5, 5.41) is 7.43. The number of H-pyrrole nitrogens is 1. The summed E-state index contributed by atoms with van der Waals surface area (Å²) >= 11 is 0. The van der Waals surface area contributed by atoms with Crippen molar-refractivity contribution >= 4 is 5.82 Å². The molecule has 0 amide bonds. The van der Waals surface area contributed by atoms with Gasteiger partial charge in [-0.25, -0.2) is 4.98 Å². The minimum atomic E-state index is -2.94. The van der Waals surface area contributed by atoms with E-state index in [2.05, 4.69) is 19.9 Å². The molecule has 8 heteroatoms. The standard InChI is InChI=1S/C17H18F2N4O2/c18-16(19)25-13-1-8(5-21-15(13)20)11-2-12(23-22-11)14-9-3-17(4-10(9)14)6-24-7-17/h1-2,5,9-10,14,16H,3-4,6-7H2,(H2,20,21)(H,22,23). The quantitative estimate of drug-likeness (QED) is 0.887. The second-order valence-corrected chi connectivity index (χ2v) is 7.45. The largest absolute Gasteiger partial charge is 0.431 e. The Balaban J connectivity index is 1.34. The molecule has 3 N–H and O–H groups in total. The molecule has 25 heavy (non-hydrogen) atoms. The van der Waals surface area contributed by atoms with E-state index >= 15 is 0 Å². The Morgan fingerprint density at radius 2 is 2.04 bits per heavy atom. The summed E-state index contributed by atoms with van der Waals surface area (Å²) in [6.07, 6.45) is 3.97. The van der Waals surface area contributed by atoms with Gasteiger partial charge in [0.1, 0.15) is 0 Å². The van der Waals surface area contributed by atoms with Gasteiger partial charge < -0.3 is 15.2 Å². The number of nitrogens with zero attached hydrogens (tertiary/aromatic N) is 2. The van der Waals surface area contributed by atoms with Crippen molar-refractivity contribution in [3.8, 4) is 17.0 Å². The first kappa shape index (κ1) is 15.1. The zero-order valence-electron chi connectivity index (χ0n) is 13.4. The third kappa shape index (κ3) is 2.38. The summed E-state index contributed by atoms with van der Waals surface area (Å²) in [6, 6.07) is 3.43. The van der Waals surface area contributed by atoms with Crippen LogP contribution in [-0.2, 0) is 4.74 Å². The van der Waals surface area contributed by atoms with Crippen molar-refractivity contribution < 1.29 is 18.3 Å². The molecule has 3 fully saturated rings. The molecule has 6 nitrogen and oxygen atoms in total. The minimum Gasteiger partial charge on any atom is -0.431 e. The molecule has 0 radical (unpaired) electrons. The number of rotatable bonds is 4. The van der Waals surface area contributed by atoms with Gasteiger partial charge in [0.05, 0.1) is 18.9 Å². The summed E-state index contributed by atoms with van der Waals surface area (Å²) in [5.41, 5.74) is 8.38. The molecule has 1 spiro atoms. The molecular formula is C17H18F2N4O2. The van der Waals surface area contributed by atoms with E-state index in [4.69, 9.17) is 10.5 Å². The Hall–Kier alpha value is -2.22. The van der Waals surface area contributed by atoms with Crippen molar-refractivity contribution in [2.24, 2.45) is 17.3 Å². The maximum absolute atomic E-state index is 12.4. The fourth-order valence-corrected chi connectivity index (χ4v) is 4.61. The molecule has 1 aliphatic heterocycles. The van der Waals surface area contributed by atoms with E-state index in [0.717, 1.165) is 18.9 Å². The Labute approximate surface area is 142 Å². The summed E-state index contributed by atoms with van der Waals surface area (Å²) in [7, 11) is 0. The Bertz CT molecular complexity index is 807. The molecule has 2 aromatic heterocycles. The maximum atomic E-state index is 12.4. The molecule has 5 rings (SSSR count). The second kappa shape index (κ2) is 5.14. The van der Waals surface area contributed by atoms with Crippen molar-refractivity contribution in [1.82, 2.24) is 15.2 Å². The van der Waals surface area contributed by atoms with Gasteiger partial charge in [0.15, 0.2) is 11.6 Å². The first-order chi connectivity index (χ1) is 12.0. The summed E-state index contributed by atoms with van der Waals surface area (Å²) < 4.78 is 34.7. The lowest BCUT2D eigenvalue weighted by Gasteiger charge is -2.39. The third-order valence-electron chi connectivity index (χ3n) is 5.84. The minimum absolute atomic E-state index is 0.0652. The predicted octanol–water partition coefficient (Wildman–Crippen LogP) is 2.80. The number of alkyl halides is 2. The van der Waals surface area contributed by atoms with Crippen LogP contribution < -0.4 is 10.5 Å². The van der Waals surface area contributed by atoms with Gasteiger partial charge in [-0.05, 0) is 36.8 Å². The lowest BCUT2D eigenvalue weighted by molar-refractivity contribution is -0.115. The van der Waals surface area contributed by atoms with E-state index in [9.17, 15) is 8.78 Å². The first-order valence-electron chi connectivity index (χ1n) is 8.38. The fraction of sp³-hybridized carbons (Fsp3) is 0.529. The predicted molar refractivity (Wildman–Crippen MR) is 85.1 cm³/mol. The van der Waals surface area contributed by atoms with Crippen molar-refractivity contribution in [1.29, 1.82) is 0 Å². The number of halogens is 2. The highest BCUT2D eigenvalue weighted by molar-refractivity contribution is 5.64. The van der Waals surface area contributed by atoms with Gasteiger partial charge in [-0.3, -0.25) is 5.10 Å². The fourth-order valence-electron chi connectivity index (χ4n) is 4.61. The van der Waals surface area contributed by atoms with Crippen LogP contribution in [0.5, 0.6) is 5.75 Å². The van der Waals surface area contributed by atoms with E-state index < -0.39 is 6.61 Å². The van der Waals surface area contributed by atoms with Gasteiger partial charge in [0.2, 0.25) is 0 Å². The van der Waals surface area contributed by atoms with E-state index in [0.29, 0.717) is 34.4 Å². The van der Waals surface area contributed by atoms with E-state index in [-0.39, 0.29) is 11.6 Å². The zero-order chi connectivity index (χ0) is 17.2. The van der Waals surface area contributed by atoms with E-state index in [1.807, 2.05) is 6.07 Å². The molecule has 132 valence electrons. The van der Waals surface area contributed by atoms with Crippen molar-refractivity contribution in [2.75, 3.05) is 18.9 Å². The molecule has 2 unspecified atom stereocenters. The van der Waals surface area contributed by atoms with Crippen LogP contribution in [0.3, 0.4) is 0 Å². The number of nitrogens with one attached hydrogen (secondary N) is 1. The highest BCUT2D eigenvalue weighted by Crippen LogP contribution is 2.69. The lowest BCUT2D eigenvalue weighted by Crippen LogP contribution is -2.41. The molecule has 2 atom stereocenters. The smallest absolute Gasteiger partial charge is 0.387 e. The Morgan fingerprint density at radius 3 is 2.68 bits per heavy atom. The van der Waals surface area contributed by atoms with Gasteiger partial charge in [-0.1, -0.05) is 0 Å². The maximum Gasteiger partial charge on any atom is 0.387 e. The molecule has 2 aromatic rings. The molecule has 0 aromatic carbocycles. The number of hydrogen-bond donors (Lipinski definition) is 2. The number of fused-ring (bicyclic) bond motifs is 1. The summed E-state index contributed by atoms with van der Waals surface area (Å²) in [4.78, 5) is 3.92.